The summed E-state index contributed by atoms with van der Waals surface area (Å²) >= 11 is 4.63. The Morgan fingerprint density at radius 1 is 1.04 bits per heavy atom. The summed E-state index contributed by atoms with van der Waals surface area (Å²) in [5, 5.41) is 4.64. The first-order chi connectivity index (χ1) is 12.9. The van der Waals surface area contributed by atoms with E-state index in [1.807, 2.05) is 31.2 Å². The first-order valence-electron chi connectivity index (χ1n) is 8.08. The van der Waals surface area contributed by atoms with Crippen molar-refractivity contribution in [2.24, 2.45) is 0 Å². The number of carbonyl (C=O) groups is 1. The zero-order chi connectivity index (χ0) is 19.4. The van der Waals surface area contributed by atoms with Crippen molar-refractivity contribution in [3.63, 3.8) is 0 Å². The number of rotatable bonds is 6. The summed E-state index contributed by atoms with van der Waals surface area (Å²) in [4.78, 5) is 12.5. The SMILES string of the molecule is CC(NC(=O)c1ccc(NS(=O)(=O)c2cccs2)cc1)c1ccccc1Br. The minimum absolute atomic E-state index is 0.176. The van der Waals surface area contributed by atoms with Gasteiger partial charge in [0.25, 0.3) is 15.9 Å². The standard InChI is InChI=1S/C19H17BrN2O3S2/c1-13(16-5-2-3-6-17(16)20)21-19(23)14-8-10-15(11-9-14)22-27(24,25)18-7-4-12-26-18/h2-13,22H,1H3,(H,21,23). The average Bonchev–Trinajstić information content (AvgIpc) is 3.18. The van der Waals surface area contributed by atoms with Gasteiger partial charge >= 0.3 is 0 Å². The van der Waals surface area contributed by atoms with Gasteiger partial charge in [0.2, 0.25) is 0 Å². The molecule has 3 aromatic rings. The van der Waals surface area contributed by atoms with Crippen LogP contribution in [0.5, 0.6) is 0 Å². The van der Waals surface area contributed by atoms with E-state index in [1.165, 1.54) is 6.07 Å². The second-order valence-electron chi connectivity index (χ2n) is 5.83. The quantitative estimate of drug-likeness (QED) is 0.549. The van der Waals surface area contributed by atoms with E-state index in [2.05, 4.69) is 26.0 Å². The molecular formula is C19H17BrN2O3S2. The number of halogens is 1. The molecule has 3 rings (SSSR count). The molecule has 5 nitrogen and oxygen atoms in total. The van der Waals surface area contributed by atoms with E-state index in [9.17, 15) is 13.2 Å². The largest absolute Gasteiger partial charge is 0.345 e. The number of amides is 1. The van der Waals surface area contributed by atoms with Crippen LogP contribution >= 0.6 is 27.3 Å². The highest BCUT2D eigenvalue weighted by atomic mass is 79.9. The maximum Gasteiger partial charge on any atom is 0.271 e. The Hall–Kier alpha value is -2.16. The summed E-state index contributed by atoms with van der Waals surface area (Å²) in [5.41, 5.74) is 1.83. The molecule has 1 unspecified atom stereocenters. The average molecular weight is 465 g/mol. The molecule has 0 saturated heterocycles. The van der Waals surface area contributed by atoms with Crippen LogP contribution in [0.4, 0.5) is 5.69 Å². The molecule has 2 N–H and O–H groups in total. The van der Waals surface area contributed by atoms with Crippen LogP contribution in [-0.4, -0.2) is 14.3 Å². The van der Waals surface area contributed by atoms with Crippen LogP contribution in [0.25, 0.3) is 0 Å². The monoisotopic (exact) mass is 464 g/mol. The molecule has 2 aromatic carbocycles. The number of nitrogens with one attached hydrogen (secondary N) is 2. The second-order valence-corrected chi connectivity index (χ2v) is 9.54. The highest BCUT2D eigenvalue weighted by molar-refractivity contribution is 9.10. The molecular weight excluding hydrogens is 448 g/mol. The van der Waals surface area contributed by atoms with Gasteiger partial charge in [0, 0.05) is 15.7 Å². The van der Waals surface area contributed by atoms with Gasteiger partial charge in [0.05, 0.1) is 6.04 Å². The molecule has 1 atom stereocenters. The van der Waals surface area contributed by atoms with Crippen molar-refractivity contribution < 1.29 is 13.2 Å². The zero-order valence-electron chi connectivity index (χ0n) is 14.3. The summed E-state index contributed by atoms with van der Waals surface area (Å²) < 4.78 is 28.1. The second kappa shape index (κ2) is 8.24. The van der Waals surface area contributed by atoms with Crippen LogP contribution in [-0.2, 0) is 10.0 Å². The molecule has 0 spiro atoms. The Labute approximate surface area is 170 Å². The van der Waals surface area contributed by atoms with Crippen molar-refractivity contribution in [2.45, 2.75) is 17.2 Å². The number of anilines is 1. The Bertz CT molecular complexity index is 1030. The molecule has 8 heteroatoms. The summed E-state index contributed by atoms with van der Waals surface area (Å²) in [5.74, 6) is -0.231. The van der Waals surface area contributed by atoms with Gasteiger partial charge in [-0.1, -0.05) is 40.2 Å². The molecule has 0 aliphatic heterocycles. The molecule has 0 fully saturated rings. The summed E-state index contributed by atoms with van der Waals surface area (Å²) in [6, 6.07) is 17.1. The van der Waals surface area contributed by atoms with Crippen LogP contribution in [0.1, 0.15) is 28.9 Å². The van der Waals surface area contributed by atoms with E-state index in [-0.39, 0.29) is 16.2 Å². The predicted molar refractivity (Wildman–Crippen MR) is 112 cm³/mol. The van der Waals surface area contributed by atoms with E-state index in [0.29, 0.717) is 11.3 Å². The molecule has 0 aliphatic carbocycles. The fourth-order valence-electron chi connectivity index (χ4n) is 2.50. The first kappa shape index (κ1) is 19.6. The summed E-state index contributed by atoms with van der Waals surface area (Å²) in [7, 11) is -3.60. The normalized spacial score (nSPS) is 12.4. The lowest BCUT2D eigenvalue weighted by Crippen LogP contribution is -2.26. The molecule has 0 radical (unpaired) electrons. The molecule has 0 bridgehead atoms. The number of carbonyl (C=O) groups excluding carboxylic acids is 1. The summed E-state index contributed by atoms with van der Waals surface area (Å²) in [6.45, 7) is 1.90. The van der Waals surface area contributed by atoms with Crippen LogP contribution in [0.2, 0.25) is 0 Å². The molecule has 140 valence electrons. The molecule has 0 saturated carbocycles. The van der Waals surface area contributed by atoms with E-state index < -0.39 is 10.0 Å². The topological polar surface area (TPSA) is 75.3 Å². The van der Waals surface area contributed by atoms with Crippen LogP contribution < -0.4 is 10.0 Å². The van der Waals surface area contributed by atoms with Crippen LogP contribution in [0, 0.1) is 0 Å². The van der Waals surface area contributed by atoms with Gasteiger partial charge in [-0.3, -0.25) is 9.52 Å². The Balaban J connectivity index is 1.68. The number of benzene rings is 2. The predicted octanol–water partition coefficient (Wildman–Crippen LogP) is 4.80. The van der Waals surface area contributed by atoms with Gasteiger partial charge in [-0.2, -0.15) is 0 Å². The smallest absolute Gasteiger partial charge is 0.271 e. The van der Waals surface area contributed by atoms with Crippen molar-refractivity contribution in [3.05, 3.63) is 81.6 Å². The molecule has 1 heterocycles. The minimum atomic E-state index is -3.60. The van der Waals surface area contributed by atoms with Gasteiger partial charge in [-0.05, 0) is 54.3 Å². The van der Waals surface area contributed by atoms with E-state index >= 15 is 0 Å². The highest BCUT2D eigenvalue weighted by Gasteiger charge is 2.16. The van der Waals surface area contributed by atoms with Crippen LogP contribution in [0.15, 0.2) is 74.7 Å². The van der Waals surface area contributed by atoms with Gasteiger partial charge in [-0.25, -0.2) is 8.42 Å². The van der Waals surface area contributed by atoms with Gasteiger partial charge in [-0.15, -0.1) is 11.3 Å². The lowest BCUT2D eigenvalue weighted by Gasteiger charge is -2.16. The maximum absolute atomic E-state index is 12.5. The maximum atomic E-state index is 12.5. The van der Waals surface area contributed by atoms with Crippen molar-refractivity contribution in [2.75, 3.05) is 4.72 Å². The van der Waals surface area contributed by atoms with Crippen molar-refractivity contribution in [1.82, 2.24) is 5.32 Å². The van der Waals surface area contributed by atoms with E-state index in [0.717, 1.165) is 21.4 Å². The van der Waals surface area contributed by atoms with Crippen molar-refractivity contribution in [1.29, 1.82) is 0 Å². The first-order valence-corrected chi connectivity index (χ1v) is 11.2. The van der Waals surface area contributed by atoms with Gasteiger partial charge in [0.15, 0.2) is 0 Å². The molecule has 0 aliphatic rings. The van der Waals surface area contributed by atoms with E-state index in [4.69, 9.17) is 0 Å². The third-order valence-electron chi connectivity index (χ3n) is 3.88. The Kier molecular flexibility index (Phi) is 5.98. The van der Waals surface area contributed by atoms with Gasteiger partial charge < -0.3 is 5.32 Å². The lowest BCUT2D eigenvalue weighted by atomic mass is 10.1. The summed E-state index contributed by atoms with van der Waals surface area (Å²) in [6.07, 6.45) is 0. The highest BCUT2D eigenvalue weighted by Crippen LogP contribution is 2.24. The fourth-order valence-corrected chi connectivity index (χ4v) is 5.18. The van der Waals surface area contributed by atoms with E-state index in [1.54, 1.807) is 35.7 Å². The number of thiophene rings is 1. The fraction of sp³-hybridized carbons (Fsp3) is 0.105. The Morgan fingerprint density at radius 3 is 2.37 bits per heavy atom. The zero-order valence-corrected chi connectivity index (χ0v) is 17.6. The third kappa shape index (κ3) is 4.77. The Morgan fingerprint density at radius 2 is 1.74 bits per heavy atom. The molecule has 1 amide bonds. The lowest BCUT2D eigenvalue weighted by molar-refractivity contribution is 0.0940. The van der Waals surface area contributed by atoms with Gasteiger partial charge in [0.1, 0.15) is 4.21 Å². The van der Waals surface area contributed by atoms with Crippen molar-refractivity contribution >= 4 is 48.9 Å². The number of sulfonamides is 1. The number of hydrogen-bond acceptors (Lipinski definition) is 4. The molecule has 27 heavy (non-hydrogen) atoms. The molecule has 1 aromatic heterocycles. The van der Waals surface area contributed by atoms with Crippen LogP contribution in [0.3, 0.4) is 0 Å². The third-order valence-corrected chi connectivity index (χ3v) is 7.38. The van der Waals surface area contributed by atoms with Crippen molar-refractivity contribution in [3.8, 4) is 0 Å². The number of hydrogen-bond donors (Lipinski definition) is 2. The minimum Gasteiger partial charge on any atom is -0.345 e.